The quantitative estimate of drug-likeness (QED) is 0.908. The minimum absolute atomic E-state index is 0.478. The van der Waals surface area contributed by atoms with Crippen molar-refractivity contribution in [3.05, 3.63) is 34.9 Å². The molecule has 92 valence electrons. The second-order valence-corrected chi connectivity index (χ2v) is 6.88. The molecule has 1 fully saturated rings. The number of carboxylic acid groups (broad SMARTS) is 1. The molecule has 0 saturated heterocycles. The Morgan fingerprint density at radius 3 is 2.47 bits per heavy atom. The maximum absolute atomic E-state index is 11.5. The minimum atomic E-state index is -3.36. The van der Waals surface area contributed by atoms with Crippen molar-refractivity contribution in [2.24, 2.45) is 5.92 Å². The van der Waals surface area contributed by atoms with Crippen molar-refractivity contribution < 1.29 is 18.3 Å². The SMILES string of the molecule is CS(=O)(=O)[C@H]1[C@H](C(=O)O)[C@@H]1c1cccc(Cl)c1. The molecule has 1 saturated carbocycles. The van der Waals surface area contributed by atoms with Gasteiger partial charge < -0.3 is 5.11 Å². The Balaban J connectivity index is 2.37. The highest BCUT2D eigenvalue weighted by molar-refractivity contribution is 7.91. The van der Waals surface area contributed by atoms with Gasteiger partial charge >= 0.3 is 5.97 Å². The number of aliphatic carboxylic acids is 1. The molecular weight excluding hydrogens is 264 g/mol. The Morgan fingerprint density at radius 2 is 2.06 bits per heavy atom. The second-order valence-electron chi connectivity index (χ2n) is 4.24. The van der Waals surface area contributed by atoms with E-state index in [0.717, 1.165) is 6.26 Å². The Morgan fingerprint density at radius 1 is 1.41 bits per heavy atom. The van der Waals surface area contributed by atoms with Crippen molar-refractivity contribution in [1.29, 1.82) is 0 Å². The molecule has 0 aromatic heterocycles. The van der Waals surface area contributed by atoms with Gasteiger partial charge in [0.15, 0.2) is 9.84 Å². The van der Waals surface area contributed by atoms with E-state index in [1.807, 2.05) is 0 Å². The molecule has 0 amide bonds. The summed E-state index contributed by atoms with van der Waals surface area (Å²) in [6, 6.07) is 6.68. The van der Waals surface area contributed by atoms with E-state index in [1.54, 1.807) is 24.3 Å². The summed E-state index contributed by atoms with van der Waals surface area (Å²) in [6.45, 7) is 0. The van der Waals surface area contributed by atoms with Crippen LogP contribution in [0.2, 0.25) is 5.02 Å². The van der Waals surface area contributed by atoms with Gasteiger partial charge in [-0.1, -0.05) is 23.7 Å². The highest BCUT2D eigenvalue weighted by Gasteiger charge is 2.61. The van der Waals surface area contributed by atoms with Gasteiger partial charge in [-0.25, -0.2) is 8.42 Å². The molecule has 3 atom stereocenters. The molecule has 6 heteroatoms. The first-order chi connectivity index (χ1) is 7.82. The smallest absolute Gasteiger partial charge is 0.308 e. The molecule has 0 spiro atoms. The van der Waals surface area contributed by atoms with Gasteiger partial charge in [-0.05, 0) is 17.7 Å². The van der Waals surface area contributed by atoms with E-state index in [2.05, 4.69) is 0 Å². The standard InChI is InChI=1S/C11H11ClO4S/c1-17(15,16)10-8(9(10)11(13)14)6-3-2-4-7(12)5-6/h2-5,8-10H,1H3,(H,13,14)/t8-,9+,10+/m0/s1. The molecule has 1 aliphatic carbocycles. The lowest BCUT2D eigenvalue weighted by atomic mass is 10.1. The fourth-order valence-electron chi connectivity index (χ4n) is 2.22. The number of benzene rings is 1. The zero-order chi connectivity index (χ0) is 12.8. The number of rotatable bonds is 3. The van der Waals surface area contributed by atoms with Crippen molar-refractivity contribution in [2.45, 2.75) is 11.2 Å². The topological polar surface area (TPSA) is 71.4 Å². The molecule has 0 unspecified atom stereocenters. The molecule has 1 aliphatic rings. The molecule has 2 rings (SSSR count). The van der Waals surface area contributed by atoms with Crippen LogP contribution in [0.4, 0.5) is 0 Å². The van der Waals surface area contributed by atoms with E-state index in [1.165, 1.54) is 0 Å². The van der Waals surface area contributed by atoms with Gasteiger partial charge in [0.05, 0.1) is 11.2 Å². The predicted octanol–water partition coefficient (Wildman–Crippen LogP) is 1.55. The maximum Gasteiger partial charge on any atom is 0.308 e. The molecule has 1 aromatic rings. The first-order valence-electron chi connectivity index (χ1n) is 4.99. The zero-order valence-corrected chi connectivity index (χ0v) is 10.6. The molecule has 0 radical (unpaired) electrons. The summed E-state index contributed by atoms with van der Waals surface area (Å²) in [5.74, 6) is -2.42. The van der Waals surface area contributed by atoms with E-state index in [0.29, 0.717) is 10.6 Å². The number of hydrogen-bond acceptors (Lipinski definition) is 3. The summed E-state index contributed by atoms with van der Waals surface area (Å²) < 4.78 is 23.0. The average Bonchev–Trinajstić information content (AvgIpc) is 2.91. The van der Waals surface area contributed by atoms with Crippen molar-refractivity contribution in [1.82, 2.24) is 0 Å². The van der Waals surface area contributed by atoms with Crippen molar-refractivity contribution in [2.75, 3.05) is 6.26 Å². The lowest BCUT2D eigenvalue weighted by Gasteiger charge is -1.99. The Kier molecular flexibility index (Phi) is 2.91. The summed E-state index contributed by atoms with van der Waals surface area (Å²) >= 11 is 5.81. The maximum atomic E-state index is 11.5. The van der Waals surface area contributed by atoms with Gasteiger partial charge in [-0.2, -0.15) is 0 Å². The van der Waals surface area contributed by atoms with Gasteiger partial charge in [-0.15, -0.1) is 0 Å². The molecule has 1 N–H and O–H groups in total. The largest absolute Gasteiger partial charge is 0.481 e. The fourth-order valence-corrected chi connectivity index (χ4v) is 4.01. The van der Waals surface area contributed by atoms with Crippen molar-refractivity contribution in [3.63, 3.8) is 0 Å². The Labute approximate surface area is 104 Å². The summed E-state index contributed by atoms with van der Waals surface area (Å²) in [5, 5.41) is 8.63. The van der Waals surface area contributed by atoms with E-state index < -0.39 is 32.9 Å². The first-order valence-corrected chi connectivity index (χ1v) is 7.33. The fraction of sp³-hybridized carbons (Fsp3) is 0.364. The van der Waals surface area contributed by atoms with Gasteiger partial charge in [0.25, 0.3) is 0 Å². The van der Waals surface area contributed by atoms with Crippen LogP contribution < -0.4 is 0 Å². The number of hydrogen-bond donors (Lipinski definition) is 1. The lowest BCUT2D eigenvalue weighted by molar-refractivity contribution is -0.138. The van der Waals surface area contributed by atoms with Gasteiger partial charge in [0, 0.05) is 17.2 Å². The van der Waals surface area contributed by atoms with E-state index >= 15 is 0 Å². The number of carbonyl (C=O) groups is 1. The summed E-state index contributed by atoms with van der Waals surface area (Å²) in [6.07, 6.45) is 1.07. The highest BCUT2D eigenvalue weighted by atomic mass is 35.5. The second kappa shape index (κ2) is 3.99. The van der Waals surface area contributed by atoms with Crippen LogP contribution in [-0.2, 0) is 14.6 Å². The van der Waals surface area contributed by atoms with Crippen LogP contribution in [0, 0.1) is 5.92 Å². The lowest BCUT2D eigenvalue weighted by Crippen LogP contribution is -2.10. The third-order valence-electron chi connectivity index (χ3n) is 2.97. The highest BCUT2D eigenvalue weighted by Crippen LogP contribution is 2.52. The summed E-state index contributed by atoms with van der Waals surface area (Å²) in [4.78, 5) is 11.0. The van der Waals surface area contributed by atoms with E-state index in [-0.39, 0.29) is 0 Å². The molecule has 1 aromatic carbocycles. The summed E-state index contributed by atoms with van der Waals surface area (Å²) in [7, 11) is -3.36. The molecular formula is C11H11ClO4S. The van der Waals surface area contributed by atoms with Gasteiger partial charge in [0.1, 0.15) is 0 Å². The number of carboxylic acids is 1. The average molecular weight is 275 g/mol. The van der Waals surface area contributed by atoms with Crippen molar-refractivity contribution in [3.8, 4) is 0 Å². The Bertz CT molecular complexity index is 567. The van der Waals surface area contributed by atoms with E-state index in [4.69, 9.17) is 16.7 Å². The van der Waals surface area contributed by atoms with Crippen molar-refractivity contribution >= 4 is 27.4 Å². The van der Waals surface area contributed by atoms with Gasteiger partial charge in [-0.3, -0.25) is 4.79 Å². The third kappa shape index (κ3) is 2.30. The number of halogens is 1. The van der Waals surface area contributed by atoms with E-state index in [9.17, 15) is 13.2 Å². The van der Waals surface area contributed by atoms with Crippen LogP contribution in [-0.4, -0.2) is 31.0 Å². The Hall–Kier alpha value is -1.07. The molecule has 17 heavy (non-hydrogen) atoms. The normalized spacial score (nSPS) is 27.8. The molecule has 0 heterocycles. The predicted molar refractivity (Wildman–Crippen MR) is 64.0 cm³/mol. The number of sulfone groups is 1. The van der Waals surface area contributed by atoms with Crippen LogP contribution >= 0.6 is 11.6 Å². The molecule has 0 aliphatic heterocycles. The van der Waals surface area contributed by atoms with Crippen LogP contribution in [0.15, 0.2) is 24.3 Å². The molecule has 4 nitrogen and oxygen atoms in total. The molecule has 0 bridgehead atoms. The van der Waals surface area contributed by atoms with Crippen LogP contribution in [0.25, 0.3) is 0 Å². The summed E-state index contributed by atoms with van der Waals surface area (Å²) in [5.41, 5.74) is 0.667. The minimum Gasteiger partial charge on any atom is -0.481 e. The van der Waals surface area contributed by atoms with Crippen LogP contribution in [0.3, 0.4) is 0 Å². The van der Waals surface area contributed by atoms with Crippen LogP contribution in [0.5, 0.6) is 0 Å². The van der Waals surface area contributed by atoms with Gasteiger partial charge in [0.2, 0.25) is 0 Å². The van der Waals surface area contributed by atoms with Crippen LogP contribution in [0.1, 0.15) is 11.5 Å². The third-order valence-corrected chi connectivity index (χ3v) is 4.78. The zero-order valence-electron chi connectivity index (χ0n) is 9.00. The monoisotopic (exact) mass is 274 g/mol. The first kappa shape index (κ1) is 12.4.